The fourth-order valence-corrected chi connectivity index (χ4v) is 2.96. The number of carboxylic acids is 1. The SMILES string of the molecule is CCc1nc(C(OC)C2CC2)sc1C(=O)O. The van der Waals surface area contributed by atoms with Gasteiger partial charge in [-0.25, -0.2) is 9.78 Å². The van der Waals surface area contributed by atoms with Gasteiger partial charge < -0.3 is 9.84 Å². The summed E-state index contributed by atoms with van der Waals surface area (Å²) in [7, 11) is 1.66. The van der Waals surface area contributed by atoms with Crippen molar-refractivity contribution < 1.29 is 14.6 Å². The molecule has 1 fully saturated rings. The quantitative estimate of drug-likeness (QED) is 0.860. The minimum Gasteiger partial charge on any atom is -0.477 e. The summed E-state index contributed by atoms with van der Waals surface area (Å²) in [6.45, 7) is 1.92. The predicted octanol–water partition coefficient (Wildman–Crippen LogP) is 2.50. The van der Waals surface area contributed by atoms with E-state index in [1.807, 2.05) is 6.92 Å². The molecule has 0 saturated heterocycles. The van der Waals surface area contributed by atoms with Crippen LogP contribution in [0.1, 0.15) is 46.2 Å². The molecule has 1 aliphatic carbocycles. The molecular weight excluding hydrogens is 226 g/mol. The van der Waals surface area contributed by atoms with Gasteiger partial charge in [0.05, 0.1) is 5.69 Å². The fourth-order valence-electron chi connectivity index (χ4n) is 1.79. The summed E-state index contributed by atoms with van der Waals surface area (Å²) in [5.41, 5.74) is 0.676. The van der Waals surface area contributed by atoms with Crippen LogP contribution in [-0.4, -0.2) is 23.2 Å². The normalized spacial score (nSPS) is 17.4. The highest BCUT2D eigenvalue weighted by molar-refractivity contribution is 7.13. The molecule has 1 aromatic heterocycles. The van der Waals surface area contributed by atoms with Crippen molar-refractivity contribution in [3.63, 3.8) is 0 Å². The molecule has 0 aliphatic heterocycles. The highest BCUT2D eigenvalue weighted by Gasteiger charge is 2.35. The lowest BCUT2D eigenvalue weighted by Crippen LogP contribution is -2.03. The summed E-state index contributed by atoms with van der Waals surface area (Å²) in [4.78, 5) is 15.8. The van der Waals surface area contributed by atoms with Crippen LogP contribution in [0.5, 0.6) is 0 Å². The van der Waals surface area contributed by atoms with Gasteiger partial charge in [-0.3, -0.25) is 0 Å². The standard InChI is InChI=1S/C11H15NO3S/c1-3-7-9(11(13)14)16-10(12-7)8(15-2)6-4-5-6/h6,8H,3-5H2,1-2H3,(H,13,14). The van der Waals surface area contributed by atoms with Crippen molar-refractivity contribution in [3.05, 3.63) is 15.6 Å². The van der Waals surface area contributed by atoms with Gasteiger partial charge in [-0.15, -0.1) is 11.3 Å². The molecule has 1 atom stereocenters. The first kappa shape index (κ1) is 11.5. The summed E-state index contributed by atoms with van der Waals surface area (Å²) < 4.78 is 5.41. The second kappa shape index (κ2) is 4.51. The zero-order chi connectivity index (χ0) is 11.7. The Bertz CT molecular complexity index is 398. The van der Waals surface area contributed by atoms with Crippen LogP contribution >= 0.6 is 11.3 Å². The largest absolute Gasteiger partial charge is 0.477 e. The third-order valence-corrected chi connectivity index (χ3v) is 3.94. The average molecular weight is 241 g/mol. The molecule has 0 aromatic carbocycles. The van der Waals surface area contributed by atoms with Gasteiger partial charge in [0.2, 0.25) is 0 Å². The number of hydrogen-bond acceptors (Lipinski definition) is 4. The predicted molar refractivity (Wildman–Crippen MR) is 60.9 cm³/mol. The molecule has 2 rings (SSSR count). The van der Waals surface area contributed by atoms with Gasteiger partial charge in [0.1, 0.15) is 16.0 Å². The Morgan fingerprint density at radius 1 is 1.69 bits per heavy atom. The Morgan fingerprint density at radius 3 is 2.75 bits per heavy atom. The molecule has 1 aliphatic rings. The molecule has 1 heterocycles. The first-order valence-corrected chi connectivity index (χ1v) is 6.24. The second-order valence-electron chi connectivity index (χ2n) is 3.98. The number of aryl methyl sites for hydroxylation is 1. The Balaban J connectivity index is 2.30. The molecular formula is C11H15NO3S. The zero-order valence-corrected chi connectivity index (χ0v) is 10.2. The van der Waals surface area contributed by atoms with Crippen molar-refractivity contribution >= 4 is 17.3 Å². The first-order valence-electron chi connectivity index (χ1n) is 5.43. The van der Waals surface area contributed by atoms with Crippen molar-refractivity contribution in [3.8, 4) is 0 Å². The number of ether oxygens (including phenoxy) is 1. The number of aromatic nitrogens is 1. The fraction of sp³-hybridized carbons (Fsp3) is 0.636. The topological polar surface area (TPSA) is 59.4 Å². The number of thiazole rings is 1. The van der Waals surface area contributed by atoms with Crippen LogP contribution in [0.3, 0.4) is 0 Å². The summed E-state index contributed by atoms with van der Waals surface area (Å²) in [6.07, 6.45) is 2.95. The van der Waals surface area contributed by atoms with Crippen LogP contribution in [-0.2, 0) is 11.2 Å². The average Bonchev–Trinajstić information content (AvgIpc) is 2.98. The Labute approximate surface area is 98.3 Å². The smallest absolute Gasteiger partial charge is 0.347 e. The molecule has 88 valence electrons. The van der Waals surface area contributed by atoms with Crippen LogP contribution in [0.15, 0.2) is 0 Å². The minimum absolute atomic E-state index is 0.0107. The van der Waals surface area contributed by atoms with E-state index in [4.69, 9.17) is 9.84 Å². The number of carboxylic acid groups (broad SMARTS) is 1. The highest BCUT2D eigenvalue weighted by atomic mass is 32.1. The van der Waals surface area contributed by atoms with Gasteiger partial charge >= 0.3 is 5.97 Å². The molecule has 1 unspecified atom stereocenters. The molecule has 1 saturated carbocycles. The number of hydrogen-bond donors (Lipinski definition) is 1. The molecule has 0 radical (unpaired) electrons. The number of methoxy groups -OCH3 is 1. The van der Waals surface area contributed by atoms with Gasteiger partial charge in [-0.05, 0) is 25.2 Å². The van der Waals surface area contributed by atoms with E-state index in [1.165, 1.54) is 11.3 Å². The zero-order valence-electron chi connectivity index (χ0n) is 9.40. The number of carbonyl (C=O) groups is 1. The molecule has 16 heavy (non-hydrogen) atoms. The first-order chi connectivity index (χ1) is 7.67. The van der Waals surface area contributed by atoms with E-state index in [9.17, 15) is 4.79 Å². The molecule has 0 spiro atoms. The summed E-state index contributed by atoms with van der Waals surface area (Å²) in [5.74, 6) is -0.353. The van der Waals surface area contributed by atoms with Gasteiger partial charge in [-0.2, -0.15) is 0 Å². The lowest BCUT2D eigenvalue weighted by atomic mass is 10.2. The van der Waals surface area contributed by atoms with Gasteiger partial charge in [-0.1, -0.05) is 6.92 Å². The lowest BCUT2D eigenvalue weighted by molar-refractivity contribution is 0.0701. The third kappa shape index (κ3) is 2.10. The summed E-state index contributed by atoms with van der Waals surface area (Å²) in [5, 5.41) is 9.87. The highest BCUT2D eigenvalue weighted by Crippen LogP contribution is 2.44. The maximum Gasteiger partial charge on any atom is 0.347 e. The lowest BCUT2D eigenvalue weighted by Gasteiger charge is -2.10. The minimum atomic E-state index is -0.883. The van der Waals surface area contributed by atoms with Gasteiger partial charge in [0.15, 0.2) is 0 Å². The van der Waals surface area contributed by atoms with Crippen LogP contribution in [0.2, 0.25) is 0 Å². The van der Waals surface area contributed by atoms with E-state index in [1.54, 1.807) is 7.11 Å². The molecule has 0 amide bonds. The summed E-state index contributed by atoms with van der Waals surface area (Å²) >= 11 is 1.26. The molecule has 1 aromatic rings. The molecule has 0 bridgehead atoms. The molecule has 4 nitrogen and oxygen atoms in total. The maximum absolute atomic E-state index is 11.0. The Kier molecular flexibility index (Phi) is 3.25. The van der Waals surface area contributed by atoms with Crippen molar-refractivity contribution in [2.75, 3.05) is 7.11 Å². The van der Waals surface area contributed by atoms with Crippen LogP contribution in [0.25, 0.3) is 0 Å². The molecule has 1 N–H and O–H groups in total. The van der Waals surface area contributed by atoms with Gasteiger partial charge in [0.25, 0.3) is 0 Å². The Hall–Kier alpha value is -0.940. The maximum atomic E-state index is 11.0. The van der Waals surface area contributed by atoms with Crippen molar-refractivity contribution in [1.82, 2.24) is 4.98 Å². The van der Waals surface area contributed by atoms with E-state index in [2.05, 4.69) is 4.98 Å². The van der Waals surface area contributed by atoms with Crippen LogP contribution in [0.4, 0.5) is 0 Å². The monoisotopic (exact) mass is 241 g/mol. The Morgan fingerprint density at radius 2 is 2.38 bits per heavy atom. The van der Waals surface area contributed by atoms with Gasteiger partial charge in [0, 0.05) is 7.11 Å². The number of aromatic carboxylic acids is 1. The van der Waals surface area contributed by atoms with E-state index >= 15 is 0 Å². The summed E-state index contributed by atoms with van der Waals surface area (Å²) in [6, 6.07) is 0. The number of rotatable bonds is 5. The van der Waals surface area contributed by atoms with E-state index in [0.717, 1.165) is 17.8 Å². The second-order valence-corrected chi connectivity index (χ2v) is 5.01. The van der Waals surface area contributed by atoms with Crippen LogP contribution in [0, 0.1) is 5.92 Å². The van der Waals surface area contributed by atoms with Crippen LogP contribution < -0.4 is 0 Å². The van der Waals surface area contributed by atoms with Crippen molar-refractivity contribution in [2.45, 2.75) is 32.3 Å². The molecule has 5 heteroatoms. The van der Waals surface area contributed by atoms with Crippen molar-refractivity contribution in [2.24, 2.45) is 5.92 Å². The van der Waals surface area contributed by atoms with E-state index in [-0.39, 0.29) is 6.10 Å². The van der Waals surface area contributed by atoms with E-state index in [0.29, 0.717) is 22.9 Å². The van der Waals surface area contributed by atoms with Crippen molar-refractivity contribution in [1.29, 1.82) is 0 Å². The number of nitrogens with zero attached hydrogens (tertiary/aromatic N) is 1. The third-order valence-electron chi connectivity index (χ3n) is 2.79. The van der Waals surface area contributed by atoms with E-state index < -0.39 is 5.97 Å².